The maximum atomic E-state index is 8.73. The highest BCUT2D eigenvalue weighted by atomic mass is 16.5. The molecule has 1 aromatic rings. The van der Waals surface area contributed by atoms with Gasteiger partial charge in [-0.25, -0.2) is 0 Å². The molecule has 0 spiro atoms. The van der Waals surface area contributed by atoms with E-state index < -0.39 is 0 Å². The molecule has 0 heterocycles. The largest absolute Gasteiger partial charge is 0.492 e. The summed E-state index contributed by atoms with van der Waals surface area (Å²) in [6, 6.07) is 7.59. The summed E-state index contributed by atoms with van der Waals surface area (Å²) in [5, 5.41) is 12.0. The van der Waals surface area contributed by atoms with E-state index in [-0.39, 0.29) is 0 Å². The molecule has 0 bridgehead atoms. The first kappa shape index (κ1) is 12.5. The summed E-state index contributed by atoms with van der Waals surface area (Å²) < 4.78 is 5.61. The molecule has 1 aromatic carbocycles. The third kappa shape index (κ3) is 3.92. The summed E-state index contributed by atoms with van der Waals surface area (Å²) >= 11 is 0. The van der Waals surface area contributed by atoms with Crippen LogP contribution >= 0.6 is 0 Å². The molecule has 0 aliphatic heterocycles. The number of ether oxygens (including phenoxy) is 1. The number of nitrogens with zero attached hydrogens (tertiary/aromatic N) is 1. The number of rotatable bonds is 6. The third-order valence-electron chi connectivity index (χ3n) is 2.27. The van der Waals surface area contributed by atoms with Crippen molar-refractivity contribution in [3.63, 3.8) is 0 Å². The lowest BCUT2D eigenvalue weighted by atomic mass is 10.1. The summed E-state index contributed by atoms with van der Waals surface area (Å²) in [5.41, 5.74) is 1.68. The molecule has 0 unspecified atom stereocenters. The summed E-state index contributed by atoms with van der Waals surface area (Å²) in [6.45, 7) is 6.63. The van der Waals surface area contributed by atoms with E-state index in [1.807, 2.05) is 19.1 Å². The predicted molar refractivity (Wildman–Crippen MR) is 64.5 cm³/mol. The average molecular weight is 218 g/mol. The molecular weight excluding hydrogens is 200 g/mol. The van der Waals surface area contributed by atoms with Crippen molar-refractivity contribution in [1.29, 1.82) is 5.26 Å². The highest BCUT2D eigenvalue weighted by Crippen LogP contribution is 2.18. The maximum absolute atomic E-state index is 8.73. The first-order valence-corrected chi connectivity index (χ1v) is 5.62. The van der Waals surface area contributed by atoms with Crippen LogP contribution in [-0.4, -0.2) is 19.7 Å². The number of benzene rings is 1. The Kier molecular flexibility index (Phi) is 5.38. The van der Waals surface area contributed by atoms with Crippen LogP contribution in [0.4, 0.5) is 0 Å². The minimum absolute atomic E-state index is 0.659. The molecule has 16 heavy (non-hydrogen) atoms. The van der Waals surface area contributed by atoms with Gasteiger partial charge in [0.15, 0.2) is 0 Å². The van der Waals surface area contributed by atoms with Crippen LogP contribution in [0.1, 0.15) is 24.5 Å². The Labute approximate surface area is 97.0 Å². The van der Waals surface area contributed by atoms with Crippen molar-refractivity contribution in [2.75, 3.05) is 19.7 Å². The maximum Gasteiger partial charge on any atom is 0.122 e. The summed E-state index contributed by atoms with van der Waals surface area (Å²) in [5.74, 6) is 0.859. The van der Waals surface area contributed by atoms with Gasteiger partial charge in [-0.3, -0.25) is 0 Å². The van der Waals surface area contributed by atoms with Crippen molar-refractivity contribution in [2.24, 2.45) is 0 Å². The third-order valence-corrected chi connectivity index (χ3v) is 2.27. The molecule has 0 saturated carbocycles. The summed E-state index contributed by atoms with van der Waals surface area (Å²) in [4.78, 5) is 0. The molecule has 0 saturated heterocycles. The van der Waals surface area contributed by atoms with Gasteiger partial charge in [0.05, 0.1) is 11.6 Å². The van der Waals surface area contributed by atoms with E-state index in [2.05, 4.69) is 18.3 Å². The Bertz CT molecular complexity index is 369. The predicted octanol–water partition coefficient (Wildman–Crippen LogP) is 2.25. The molecule has 1 rings (SSSR count). The van der Waals surface area contributed by atoms with E-state index in [4.69, 9.17) is 10.00 Å². The normalized spacial score (nSPS) is 9.81. The lowest BCUT2D eigenvalue weighted by Gasteiger charge is -2.09. The smallest absolute Gasteiger partial charge is 0.122 e. The van der Waals surface area contributed by atoms with Crippen molar-refractivity contribution < 1.29 is 4.74 Å². The van der Waals surface area contributed by atoms with Crippen LogP contribution in [0.2, 0.25) is 0 Å². The van der Waals surface area contributed by atoms with E-state index in [1.54, 1.807) is 6.07 Å². The van der Waals surface area contributed by atoms with Crippen molar-refractivity contribution in [3.05, 3.63) is 29.3 Å². The van der Waals surface area contributed by atoms with E-state index in [1.165, 1.54) is 0 Å². The van der Waals surface area contributed by atoms with E-state index in [9.17, 15) is 0 Å². The molecule has 0 atom stereocenters. The minimum atomic E-state index is 0.659. The Morgan fingerprint density at radius 2 is 2.19 bits per heavy atom. The molecule has 3 heteroatoms. The number of hydrogen-bond acceptors (Lipinski definition) is 3. The molecule has 0 aromatic heterocycles. The molecule has 3 nitrogen and oxygen atoms in total. The van der Waals surface area contributed by atoms with Crippen molar-refractivity contribution in [3.8, 4) is 11.8 Å². The summed E-state index contributed by atoms with van der Waals surface area (Å²) in [6.07, 6.45) is 1.13. The fourth-order valence-corrected chi connectivity index (χ4v) is 1.42. The van der Waals surface area contributed by atoms with Crippen molar-refractivity contribution in [2.45, 2.75) is 20.3 Å². The minimum Gasteiger partial charge on any atom is -0.492 e. The van der Waals surface area contributed by atoms with Gasteiger partial charge in [0, 0.05) is 6.54 Å². The van der Waals surface area contributed by atoms with Gasteiger partial charge in [0.25, 0.3) is 0 Å². The zero-order valence-electron chi connectivity index (χ0n) is 9.92. The molecule has 0 radical (unpaired) electrons. The SMILES string of the molecule is CCCNCCOc1ccc(C#N)cc1C. The van der Waals surface area contributed by atoms with Crippen LogP contribution in [-0.2, 0) is 0 Å². The van der Waals surface area contributed by atoms with Crippen LogP contribution in [0.5, 0.6) is 5.75 Å². The first-order chi connectivity index (χ1) is 7.77. The zero-order valence-corrected chi connectivity index (χ0v) is 9.92. The quantitative estimate of drug-likeness (QED) is 0.745. The average Bonchev–Trinajstić information content (AvgIpc) is 2.30. The number of nitrogens with one attached hydrogen (secondary N) is 1. The van der Waals surface area contributed by atoms with Crippen molar-refractivity contribution in [1.82, 2.24) is 5.32 Å². The lowest BCUT2D eigenvalue weighted by Crippen LogP contribution is -2.21. The standard InChI is InChI=1S/C13H18N2O/c1-3-6-15-7-8-16-13-5-4-12(10-14)9-11(13)2/h4-5,9,15H,3,6-8H2,1-2H3. The topological polar surface area (TPSA) is 45.0 Å². The lowest BCUT2D eigenvalue weighted by molar-refractivity contribution is 0.312. The van der Waals surface area contributed by atoms with Gasteiger partial charge in [-0.15, -0.1) is 0 Å². The molecule has 0 amide bonds. The summed E-state index contributed by atoms with van der Waals surface area (Å²) in [7, 11) is 0. The Balaban J connectivity index is 2.40. The Morgan fingerprint density at radius 1 is 1.38 bits per heavy atom. The second kappa shape index (κ2) is 6.86. The first-order valence-electron chi connectivity index (χ1n) is 5.62. The Hall–Kier alpha value is -1.53. The van der Waals surface area contributed by atoms with Gasteiger partial charge in [0.2, 0.25) is 0 Å². The van der Waals surface area contributed by atoms with Gasteiger partial charge in [0.1, 0.15) is 12.4 Å². The van der Waals surface area contributed by atoms with Crippen LogP contribution in [0.3, 0.4) is 0 Å². The van der Waals surface area contributed by atoms with Gasteiger partial charge in [-0.1, -0.05) is 6.92 Å². The molecule has 0 aliphatic rings. The number of aryl methyl sites for hydroxylation is 1. The second-order valence-corrected chi connectivity index (χ2v) is 3.69. The zero-order chi connectivity index (χ0) is 11.8. The fourth-order valence-electron chi connectivity index (χ4n) is 1.42. The Morgan fingerprint density at radius 3 is 2.81 bits per heavy atom. The number of hydrogen-bond donors (Lipinski definition) is 1. The molecule has 86 valence electrons. The van der Waals surface area contributed by atoms with E-state index in [0.717, 1.165) is 30.8 Å². The van der Waals surface area contributed by atoms with Gasteiger partial charge < -0.3 is 10.1 Å². The van der Waals surface area contributed by atoms with Gasteiger partial charge in [-0.05, 0) is 43.7 Å². The monoisotopic (exact) mass is 218 g/mol. The van der Waals surface area contributed by atoms with E-state index in [0.29, 0.717) is 12.2 Å². The van der Waals surface area contributed by atoms with Crippen LogP contribution in [0.15, 0.2) is 18.2 Å². The highest BCUT2D eigenvalue weighted by molar-refractivity contribution is 5.41. The molecule has 0 aliphatic carbocycles. The van der Waals surface area contributed by atoms with Crippen LogP contribution in [0.25, 0.3) is 0 Å². The molecule has 1 N–H and O–H groups in total. The number of nitriles is 1. The van der Waals surface area contributed by atoms with E-state index >= 15 is 0 Å². The highest BCUT2D eigenvalue weighted by Gasteiger charge is 2.00. The second-order valence-electron chi connectivity index (χ2n) is 3.69. The molecule has 0 fully saturated rings. The van der Waals surface area contributed by atoms with Gasteiger partial charge >= 0.3 is 0 Å². The van der Waals surface area contributed by atoms with Crippen LogP contribution < -0.4 is 10.1 Å². The fraction of sp³-hybridized carbons (Fsp3) is 0.462. The van der Waals surface area contributed by atoms with Crippen LogP contribution in [0, 0.1) is 18.3 Å². The molecular formula is C13H18N2O. The van der Waals surface area contributed by atoms with Gasteiger partial charge in [-0.2, -0.15) is 5.26 Å². The van der Waals surface area contributed by atoms with Crippen molar-refractivity contribution >= 4 is 0 Å².